The quantitative estimate of drug-likeness (QED) is 0.0872. The fourth-order valence-corrected chi connectivity index (χ4v) is 11.9. The largest absolute Gasteiger partial charge is 0.494 e. The molecule has 3 aromatic carbocycles. The van der Waals surface area contributed by atoms with Crippen LogP contribution in [-0.4, -0.2) is 150 Å². The summed E-state index contributed by atoms with van der Waals surface area (Å²) in [5.41, 5.74) is 5.28. The number of nitrogens with zero attached hydrogens (tertiary/aromatic N) is 9. The SMILES string of the molecule is COc1cc(N2CCN(CC3CCN(C4CN(c5ccc6c(c5)C(=O)N(C5CCC(=O)NC5=O)C6=O)C4)CC3)CC2)c(-c2cnn(C)c2)cc1Nc1ncc(Br)c(Nc2ccc(F)cc2P(=O)(OC)OC)n1. The minimum Gasteiger partial charge on any atom is -0.494 e. The summed E-state index contributed by atoms with van der Waals surface area (Å²) in [7, 11) is 2.13. The molecule has 10 rings (SSSR count). The lowest BCUT2D eigenvalue weighted by molar-refractivity contribution is -0.136. The molecule has 5 aliphatic rings. The smallest absolute Gasteiger partial charge is 0.363 e. The fraction of sp³-hybridized carbons (Fsp3) is 0.408. The minimum absolute atomic E-state index is 0.00694. The van der Waals surface area contributed by atoms with Gasteiger partial charge in [0, 0.05) is 121 Å². The summed E-state index contributed by atoms with van der Waals surface area (Å²) >= 11 is 3.50. The minimum atomic E-state index is -3.85. The van der Waals surface area contributed by atoms with Gasteiger partial charge in [0.15, 0.2) is 0 Å². The van der Waals surface area contributed by atoms with Crippen LogP contribution in [0, 0.1) is 11.7 Å². The number of hydrogen-bond acceptors (Lipinski definition) is 17. The first-order valence-electron chi connectivity index (χ1n) is 23.8. The van der Waals surface area contributed by atoms with Crippen LogP contribution in [-0.2, 0) is 30.2 Å². The van der Waals surface area contributed by atoms with Crippen molar-refractivity contribution in [2.45, 2.75) is 37.8 Å². The molecule has 3 N–H and O–H groups in total. The Morgan fingerprint density at radius 1 is 0.833 bits per heavy atom. The highest BCUT2D eigenvalue weighted by Crippen LogP contribution is 2.48. The Morgan fingerprint density at radius 3 is 2.28 bits per heavy atom. The molecular formula is C49H55BrFN12O8P. The summed E-state index contributed by atoms with van der Waals surface area (Å²) in [4.78, 5) is 70.8. The van der Waals surface area contributed by atoms with Crippen molar-refractivity contribution < 1.29 is 41.9 Å². The van der Waals surface area contributed by atoms with E-state index in [1.165, 1.54) is 26.4 Å². The number of aromatic nitrogens is 4. The molecule has 4 saturated heterocycles. The number of halogens is 2. The second-order valence-electron chi connectivity index (χ2n) is 18.6. The summed E-state index contributed by atoms with van der Waals surface area (Å²) in [6.07, 6.45) is 7.84. The van der Waals surface area contributed by atoms with E-state index >= 15 is 0 Å². The standard InChI is InChI=1S/C49H55BrFN12O8P/c1-58-26-30(23-53-58)35-21-39(55-49-52-24-37(50)45(57-49)54-38-8-5-31(51)19-43(38)72(68,70-3)71-4)42(69-2)22-41(35)61-17-15-59(16-18-61)25-29-11-13-60(14-12-29)33-27-62(28-33)32-6-7-34-36(20-32)48(67)63(47(34)66)40-9-10-44(64)56-46(40)65/h5-8,19-24,26,29,33,40H,9-18,25,27-28H2,1-4H3,(H,56,64,65)(H2,52,54,55,57). The summed E-state index contributed by atoms with van der Waals surface area (Å²) in [5, 5.41) is 13.2. The van der Waals surface area contributed by atoms with Crippen LogP contribution in [0.5, 0.6) is 5.75 Å². The van der Waals surface area contributed by atoms with Crippen LogP contribution in [0.4, 0.5) is 38.9 Å². The van der Waals surface area contributed by atoms with Gasteiger partial charge in [-0.15, -0.1) is 0 Å². The molecule has 4 fully saturated rings. The lowest BCUT2D eigenvalue weighted by atomic mass is 9.93. The molecule has 0 spiro atoms. The van der Waals surface area contributed by atoms with Crippen LogP contribution >= 0.6 is 23.5 Å². The predicted molar refractivity (Wildman–Crippen MR) is 271 cm³/mol. The number of benzene rings is 3. The number of carbonyl (C=O) groups is 4. The van der Waals surface area contributed by atoms with E-state index < -0.39 is 43.1 Å². The number of fused-ring (bicyclic) bond motifs is 1. The van der Waals surface area contributed by atoms with E-state index in [1.54, 1.807) is 30.1 Å². The second-order valence-corrected chi connectivity index (χ2v) is 21.7. The van der Waals surface area contributed by atoms with E-state index in [0.29, 0.717) is 44.8 Å². The maximum absolute atomic E-state index is 14.4. The summed E-state index contributed by atoms with van der Waals surface area (Å²) in [6.45, 7) is 8.24. The van der Waals surface area contributed by atoms with E-state index in [9.17, 15) is 28.1 Å². The number of anilines is 6. The first-order chi connectivity index (χ1) is 34.7. The van der Waals surface area contributed by atoms with Gasteiger partial charge in [-0.25, -0.2) is 9.37 Å². The van der Waals surface area contributed by atoms with Crippen LogP contribution in [0.25, 0.3) is 11.1 Å². The average Bonchev–Trinajstić information content (AvgIpc) is 3.91. The molecule has 5 aliphatic heterocycles. The zero-order valence-electron chi connectivity index (χ0n) is 40.3. The topological polar surface area (TPSA) is 209 Å². The van der Waals surface area contributed by atoms with E-state index in [-0.39, 0.29) is 29.8 Å². The molecular weight excluding hydrogens is 1010 g/mol. The van der Waals surface area contributed by atoms with Crippen LogP contribution in [0.1, 0.15) is 46.4 Å². The molecule has 0 radical (unpaired) electrons. The molecule has 0 saturated carbocycles. The van der Waals surface area contributed by atoms with Gasteiger partial charge in [0.05, 0.1) is 45.6 Å². The normalized spacial score (nSPS) is 19.4. The molecule has 72 heavy (non-hydrogen) atoms. The predicted octanol–water partition coefficient (Wildman–Crippen LogP) is 5.51. The molecule has 1 atom stereocenters. The van der Waals surface area contributed by atoms with Gasteiger partial charge < -0.3 is 34.2 Å². The molecule has 0 aliphatic carbocycles. The number of methoxy groups -OCH3 is 1. The number of piperazine rings is 1. The number of likely N-dealkylation sites (tertiary alicyclic amines) is 1. The number of imide groups is 2. The Morgan fingerprint density at radius 2 is 1.58 bits per heavy atom. The highest BCUT2D eigenvalue weighted by molar-refractivity contribution is 9.10. The number of ether oxygens (including phenoxy) is 1. The number of amides is 4. The average molecular weight is 1070 g/mol. The molecule has 4 amide bonds. The number of piperidine rings is 2. The molecule has 23 heteroatoms. The van der Waals surface area contributed by atoms with Crippen molar-refractivity contribution in [3.05, 3.63) is 88.5 Å². The zero-order valence-corrected chi connectivity index (χ0v) is 42.7. The van der Waals surface area contributed by atoms with Crippen LogP contribution in [0.15, 0.2) is 71.6 Å². The summed E-state index contributed by atoms with van der Waals surface area (Å²) < 4.78 is 46.3. The third-order valence-electron chi connectivity index (χ3n) is 14.4. The fourth-order valence-electron chi connectivity index (χ4n) is 10.4. The maximum Gasteiger partial charge on any atom is 0.363 e. The highest BCUT2D eigenvalue weighted by atomic mass is 79.9. The monoisotopic (exact) mass is 1070 g/mol. The zero-order chi connectivity index (χ0) is 50.4. The molecule has 0 bridgehead atoms. The number of hydrogen-bond donors (Lipinski definition) is 3. The van der Waals surface area contributed by atoms with Crippen molar-refractivity contribution in [3.8, 4) is 16.9 Å². The van der Waals surface area contributed by atoms with Crippen molar-refractivity contribution in [1.29, 1.82) is 0 Å². The molecule has 1 unspecified atom stereocenters. The lowest BCUT2D eigenvalue weighted by Crippen LogP contribution is -2.61. The van der Waals surface area contributed by atoms with Gasteiger partial charge in [-0.3, -0.25) is 48.4 Å². The van der Waals surface area contributed by atoms with Crippen molar-refractivity contribution in [1.82, 2.24) is 39.8 Å². The Balaban J connectivity index is 0.747. The Kier molecular flexibility index (Phi) is 13.9. The van der Waals surface area contributed by atoms with Crippen molar-refractivity contribution in [3.63, 3.8) is 0 Å². The van der Waals surface area contributed by atoms with Gasteiger partial charge in [-0.2, -0.15) is 10.1 Å². The number of nitrogens with one attached hydrogen (secondary N) is 3. The van der Waals surface area contributed by atoms with E-state index in [4.69, 9.17) is 18.8 Å². The third-order valence-corrected chi connectivity index (χ3v) is 16.9. The maximum atomic E-state index is 14.4. The Labute approximate surface area is 423 Å². The molecule has 2 aromatic heterocycles. The van der Waals surface area contributed by atoms with Gasteiger partial charge in [0.1, 0.15) is 23.4 Å². The van der Waals surface area contributed by atoms with Crippen LogP contribution < -0.4 is 35.8 Å². The number of carbonyl (C=O) groups excluding carboxylic acids is 4. The molecule has 20 nitrogen and oxygen atoms in total. The second kappa shape index (κ2) is 20.3. The number of rotatable bonds is 15. The van der Waals surface area contributed by atoms with Gasteiger partial charge in [0.25, 0.3) is 11.8 Å². The summed E-state index contributed by atoms with van der Waals surface area (Å²) in [6, 6.07) is 12.6. The van der Waals surface area contributed by atoms with E-state index in [1.807, 2.05) is 37.6 Å². The highest BCUT2D eigenvalue weighted by Gasteiger charge is 2.45. The Bertz CT molecular complexity index is 2990. The van der Waals surface area contributed by atoms with Gasteiger partial charge in [-0.05, 0) is 96.7 Å². The lowest BCUT2D eigenvalue weighted by Gasteiger charge is -2.49. The van der Waals surface area contributed by atoms with Gasteiger partial charge in [-0.1, -0.05) is 0 Å². The number of aryl methyl sites for hydroxylation is 1. The van der Waals surface area contributed by atoms with Crippen molar-refractivity contribution in [2.24, 2.45) is 13.0 Å². The van der Waals surface area contributed by atoms with Gasteiger partial charge in [0.2, 0.25) is 17.8 Å². The first kappa shape index (κ1) is 49.3. The summed E-state index contributed by atoms with van der Waals surface area (Å²) in [5.74, 6) is -0.870. The third kappa shape index (κ3) is 9.70. The Hall–Kier alpha value is -6.29. The van der Waals surface area contributed by atoms with Crippen LogP contribution in [0.3, 0.4) is 0 Å². The van der Waals surface area contributed by atoms with Crippen molar-refractivity contribution in [2.75, 3.05) is 101 Å². The molecule has 7 heterocycles. The van der Waals surface area contributed by atoms with E-state index in [2.05, 4.69) is 61.6 Å². The molecule has 378 valence electrons. The van der Waals surface area contributed by atoms with Crippen LogP contribution in [0.2, 0.25) is 0 Å². The first-order valence-corrected chi connectivity index (χ1v) is 26.2. The van der Waals surface area contributed by atoms with Gasteiger partial charge >= 0.3 is 7.60 Å². The molecule has 5 aromatic rings. The van der Waals surface area contributed by atoms with E-state index in [0.717, 1.165) is 105 Å². The van der Waals surface area contributed by atoms with Crippen molar-refractivity contribution >= 4 is 87.0 Å².